The minimum absolute atomic E-state index is 0.0209. The van der Waals surface area contributed by atoms with E-state index in [9.17, 15) is 4.79 Å². The number of carboxylic acids is 1. The van der Waals surface area contributed by atoms with Crippen molar-refractivity contribution in [2.24, 2.45) is 0 Å². The second kappa shape index (κ2) is 6.98. The summed E-state index contributed by atoms with van der Waals surface area (Å²) in [5.41, 5.74) is 1.23. The second-order valence-corrected chi connectivity index (χ2v) is 3.23. The Morgan fingerprint density at radius 3 is 2.47 bits per heavy atom. The third-order valence-electron chi connectivity index (χ3n) is 1.93. The van der Waals surface area contributed by atoms with E-state index in [-0.39, 0.29) is 6.54 Å². The summed E-state index contributed by atoms with van der Waals surface area (Å²) < 4.78 is 0. The quantitative estimate of drug-likeness (QED) is 0.569. The van der Waals surface area contributed by atoms with Gasteiger partial charge < -0.3 is 15.7 Å². The molecule has 3 N–H and O–H groups in total. The van der Waals surface area contributed by atoms with Gasteiger partial charge in [0.05, 0.1) is 6.54 Å². The number of carboxylic acid groups (broad SMARTS) is 1. The summed E-state index contributed by atoms with van der Waals surface area (Å²) in [6, 6.07) is 10.1. The third kappa shape index (κ3) is 5.83. The standard InChI is InChI=1S/C11H16N2O2/c14-11(15)9-13-7-6-12-8-10-4-2-1-3-5-10/h1-5,12-13H,6-9H2,(H,14,15). The molecule has 0 aliphatic carbocycles. The van der Waals surface area contributed by atoms with E-state index in [1.54, 1.807) is 0 Å². The molecular formula is C11H16N2O2. The molecule has 0 radical (unpaired) electrons. The fourth-order valence-electron chi connectivity index (χ4n) is 1.20. The largest absolute Gasteiger partial charge is 0.480 e. The van der Waals surface area contributed by atoms with Crippen LogP contribution >= 0.6 is 0 Å². The SMILES string of the molecule is O=C(O)CNCCNCc1ccccc1. The smallest absolute Gasteiger partial charge is 0.317 e. The first-order valence-electron chi connectivity index (χ1n) is 4.96. The number of nitrogens with one attached hydrogen (secondary N) is 2. The summed E-state index contributed by atoms with van der Waals surface area (Å²) in [5.74, 6) is -0.821. The van der Waals surface area contributed by atoms with Gasteiger partial charge in [-0.15, -0.1) is 0 Å². The van der Waals surface area contributed by atoms with Crippen LogP contribution in [0.15, 0.2) is 30.3 Å². The summed E-state index contributed by atoms with van der Waals surface area (Å²) in [7, 11) is 0. The second-order valence-electron chi connectivity index (χ2n) is 3.23. The van der Waals surface area contributed by atoms with Crippen molar-refractivity contribution in [3.8, 4) is 0 Å². The Kier molecular flexibility index (Phi) is 5.43. The molecule has 0 heterocycles. The molecule has 15 heavy (non-hydrogen) atoms. The molecule has 1 aromatic carbocycles. The van der Waals surface area contributed by atoms with Crippen LogP contribution in [0.25, 0.3) is 0 Å². The normalized spacial score (nSPS) is 10.1. The highest BCUT2D eigenvalue weighted by Crippen LogP contribution is 1.96. The first kappa shape index (κ1) is 11.7. The Labute approximate surface area is 89.3 Å². The first-order valence-corrected chi connectivity index (χ1v) is 4.96. The lowest BCUT2D eigenvalue weighted by Crippen LogP contribution is -2.30. The molecule has 0 spiro atoms. The van der Waals surface area contributed by atoms with Crippen molar-refractivity contribution in [2.75, 3.05) is 19.6 Å². The van der Waals surface area contributed by atoms with Gasteiger partial charge in [-0.25, -0.2) is 0 Å². The lowest BCUT2D eigenvalue weighted by atomic mass is 10.2. The predicted octanol–water partition coefficient (Wildman–Crippen LogP) is 0.450. The van der Waals surface area contributed by atoms with E-state index in [0.717, 1.165) is 13.1 Å². The van der Waals surface area contributed by atoms with Crippen molar-refractivity contribution in [1.82, 2.24) is 10.6 Å². The van der Waals surface area contributed by atoms with E-state index in [2.05, 4.69) is 22.8 Å². The minimum Gasteiger partial charge on any atom is -0.480 e. The molecular weight excluding hydrogens is 192 g/mol. The zero-order chi connectivity index (χ0) is 10.9. The zero-order valence-electron chi connectivity index (χ0n) is 8.57. The van der Waals surface area contributed by atoms with Crippen LogP contribution in [0, 0.1) is 0 Å². The van der Waals surface area contributed by atoms with E-state index < -0.39 is 5.97 Å². The number of benzene rings is 1. The van der Waals surface area contributed by atoms with Crippen molar-refractivity contribution in [3.05, 3.63) is 35.9 Å². The molecule has 0 atom stereocenters. The van der Waals surface area contributed by atoms with E-state index in [0.29, 0.717) is 6.54 Å². The molecule has 0 unspecified atom stereocenters. The highest BCUT2D eigenvalue weighted by Gasteiger charge is 1.94. The van der Waals surface area contributed by atoms with E-state index in [4.69, 9.17) is 5.11 Å². The van der Waals surface area contributed by atoms with Gasteiger partial charge in [0.25, 0.3) is 0 Å². The topological polar surface area (TPSA) is 61.4 Å². The molecule has 0 saturated heterocycles. The minimum atomic E-state index is -0.821. The van der Waals surface area contributed by atoms with Gasteiger partial charge in [-0.2, -0.15) is 0 Å². The van der Waals surface area contributed by atoms with E-state index in [1.807, 2.05) is 18.2 Å². The highest BCUT2D eigenvalue weighted by molar-refractivity contribution is 5.68. The van der Waals surface area contributed by atoms with Crippen molar-refractivity contribution in [3.63, 3.8) is 0 Å². The molecule has 0 fully saturated rings. The molecule has 82 valence electrons. The van der Waals surface area contributed by atoms with Gasteiger partial charge in [0.2, 0.25) is 0 Å². The number of hydrogen-bond donors (Lipinski definition) is 3. The van der Waals surface area contributed by atoms with Gasteiger partial charge >= 0.3 is 5.97 Å². The molecule has 0 aromatic heterocycles. The molecule has 4 nitrogen and oxygen atoms in total. The van der Waals surface area contributed by atoms with Crippen LogP contribution in [0.1, 0.15) is 5.56 Å². The lowest BCUT2D eigenvalue weighted by Gasteiger charge is -2.04. The van der Waals surface area contributed by atoms with Gasteiger partial charge in [0.15, 0.2) is 0 Å². The molecule has 4 heteroatoms. The Morgan fingerprint density at radius 1 is 1.13 bits per heavy atom. The number of aliphatic carboxylic acids is 1. The number of hydrogen-bond acceptors (Lipinski definition) is 3. The molecule has 0 aliphatic heterocycles. The summed E-state index contributed by atoms with van der Waals surface area (Å²) in [6.07, 6.45) is 0. The van der Waals surface area contributed by atoms with Crippen LogP contribution in [-0.4, -0.2) is 30.7 Å². The Morgan fingerprint density at radius 2 is 1.80 bits per heavy atom. The van der Waals surface area contributed by atoms with Crippen LogP contribution in [0.3, 0.4) is 0 Å². The van der Waals surface area contributed by atoms with Crippen LogP contribution in [-0.2, 0) is 11.3 Å². The van der Waals surface area contributed by atoms with Gasteiger partial charge in [0.1, 0.15) is 0 Å². The molecule has 0 bridgehead atoms. The van der Waals surface area contributed by atoms with Crippen molar-refractivity contribution in [2.45, 2.75) is 6.54 Å². The fourth-order valence-corrected chi connectivity index (χ4v) is 1.20. The molecule has 0 amide bonds. The maximum atomic E-state index is 10.2. The van der Waals surface area contributed by atoms with Gasteiger partial charge in [-0.1, -0.05) is 30.3 Å². The van der Waals surface area contributed by atoms with Crippen molar-refractivity contribution in [1.29, 1.82) is 0 Å². The van der Waals surface area contributed by atoms with Gasteiger partial charge in [0, 0.05) is 19.6 Å². The molecule has 1 rings (SSSR count). The lowest BCUT2D eigenvalue weighted by molar-refractivity contribution is -0.135. The predicted molar refractivity (Wildman–Crippen MR) is 58.7 cm³/mol. The van der Waals surface area contributed by atoms with Gasteiger partial charge in [-0.3, -0.25) is 4.79 Å². The maximum Gasteiger partial charge on any atom is 0.317 e. The summed E-state index contributed by atoms with van der Waals surface area (Å²) in [5, 5.41) is 14.4. The zero-order valence-corrected chi connectivity index (χ0v) is 8.57. The Hall–Kier alpha value is -1.39. The third-order valence-corrected chi connectivity index (χ3v) is 1.93. The van der Waals surface area contributed by atoms with Crippen molar-refractivity contribution >= 4 is 5.97 Å². The molecule has 1 aromatic rings. The fraction of sp³-hybridized carbons (Fsp3) is 0.364. The van der Waals surface area contributed by atoms with E-state index in [1.165, 1.54) is 5.56 Å². The van der Waals surface area contributed by atoms with Crippen LogP contribution in [0.2, 0.25) is 0 Å². The number of carbonyl (C=O) groups is 1. The Balaban J connectivity index is 2.00. The average molecular weight is 208 g/mol. The van der Waals surface area contributed by atoms with Crippen LogP contribution < -0.4 is 10.6 Å². The van der Waals surface area contributed by atoms with Gasteiger partial charge in [-0.05, 0) is 5.56 Å². The van der Waals surface area contributed by atoms with Crippen molar-refractivity contribution < 1.29 is 9.90 Å². The monoisotopic (exact) mass is 208 g/mol. The average Bonchev–Trinajstić information content (AvgIpc) is 2.24. The maximum absolute atomic E-state index is 10.2. The van der Waals surface area contributed by atoms with E-state index >= 15 is 0 Å². The summed E-state index contributed by atoms with van der Waals surface area (Å²) >= 11 is 0. The van der Waals surface area contributed by atoms with Crippen LogP contribution in [0.4, 0.5) is 0 Å². The highest BCUT2D eigenvalue weighted by atomic mass is 16.4. The summed E-state index contributed by atoms with van der Waals surface area (Å²) in [4.78, 5) is 10.2. The number of rotatable bonds is 7. The first-order chi connectivity index (χ1) is 7.29. The van der Waals surface area contributed by atoms with Crippen LogP contribution in [0.5, 0.6) is 0 Å². The summed E-state index contributed by atoms with van der Waals surface area (Å²) in [6.45, 7) is 2.27. The molecule has 0 aliphatic rings. The Bertz CT molecular complexity index is 288. The molecule has 0 saturated carbocycles.